The Morgan fingerprint density at radius 2 is 1.92 bits per heavy atom. The maximum absolute atomic E-state index is 13.4. The first-order chi connectivity index (χ1) is 18.2. The molecule has 0 aromatic heterocycles. The number of hydrogen-bond donors (Lipinski definition) is 2. The SMILES string of the molecule is CC(=O)Nc1cc2c3c(c1O)O[C@H]1[C@@H](N(C)C(C)(C)C(=O)OC(C)(C)C)CC[C@H]4[C@@H](C2)N(CC2CC2)CC[C@@]341. The summed E-state index contributed by atoms with van der Waals surface area (Å²) in [5.74, 6) is 1.35. The number of phenols is 1. The van der Waals surface area contributed by atoms with E-state index < -0.39 is 11.1 Å². The van der Waals surface area contributed by atoms with Crippen LogP contribution in [0.5, 0.6) is 11.5 Å². The minimum atomic E-state index is -0.855. The minimum absolute atomic E-state index is 0.0261. The fourth-order valence-corrected chi connectivity index (χ4v) is 8.18. The second-order valence-corrected chi connectivity index (χ2v) is 14.3. The summed E-state index contributed by atoms with van der Waals surface area (Å²) in [6.07, 6.45) is 6.32. The van der Waals surface area contributed by atoms with E-state index in [0.29, 0.717) is 23.4 Å². The molecule has 1 spiro atoms. The Morgan fingerprint density at radius 1 is 1.21 bits per heavy atom. The summed E-state index contributed by atoms with van der Waals surface area (Å²) < 4.78 is 12.7. The average molecular weight is 540 g/mol. The third-order valence-corrected chi connectivity index (χ3v) is 10.3. The number of nitrogens with one attached hydrogen (secondary N) is 1. The summed E-state index contributed by atoms with van der Waals surface area (Å²) in [5.41, 5.74) is 1.12. The molecule has 1 aromatic carbocycles. The van der Waals surface area contributed by atoms with Crippen LogP contribution in [0.2, 0.25) is 0 Å². The number of anilines is 1. The van der Waals surface area contributed by atoms with Gasteiger partial charge in [-0.25, -0.2) is 0 Å². The molecular weight excluding hydrogens is 494 g/mol. The van der Waals surface area contributed by atoms with Crippen LogP contribution in [0.25, 0.3) is 0 Å². The highest BCUT2D eigenvalue weighted by Crippen LogP contribution is 2.65. The third-order valence-electron chi connectivity index (χ3n) is 10.3. The molecule has 2 bridgehead atoms. The number of piperidine rings is 1. The van der Waals surface area contributed by atoms with Gasteiger partial charge in [-0.05, 0) is 110 Å². The van der Waals surface area contributed by atoms with Crippen molar-refractivity contribution in [2.24, 2.45) is 11.8 Å². The topological polar surface area (TPSA) is 91.3 Å². The average Bonchev–Trinajstić information content (AvgIpc) is 3.58. The zero-order valence-corrected chi connectivity index (χ0v) is 24.6. The molecular formula is C31H45N3O5. The van der Waals surface area contributed by atoms with Gasteiger partial charge in [-0.15, -0.1) is 0 Å². The quantitative estimate of drug-likeness (QED) is 0.413. The van der Waals surface area contributed by atoms with Crippen LogP contribution in [0.15, 0.2) is 6.07 Å². The molecule has 1 saturated heterocycles. The minimum Gasteiger partial charge on any atom is -0.503 e. The Balaban J connectivity index is 1.42. The van der Waals surface area contributed by atoms with Crippen LogP contribution in [0.1, 0.15) is 84.8 Å². The van der Waals surface area contributed by atoms with Crippen molar-refractivity contribution in [2.75, 3.05) is 25.5 Å². The van der Waals surface area contributed by atoms with E-state index in [-0.39, 0.29) is 35.2 Å². The standard InChI is InChI=1S/C31H45N3O5/c1-17(35)32-21-14-19-15-23-20-10-11-22(33(7)30(5,6)28(37)39-29(2,3)4)27-31(20,24(19)26(38-27)25(21)36)12-13-34(23)16-18-8-9-18/h14,18,20,22-23,27,36H,8-13,15-16H2,1-7H3,(H,32,35)/t20-,22-,23+,27-,31-/m0/s1. The molecule has 8 heteroatoms. The molecule has 1 amide bonds. The van der Waals surface area contributed by atoms with Crippen molar-refractivity contribution in [1.82, 2.24) is 9.80 Å². The van der Waals surface area contributed by atoms with E-state index in [2.05, 4.69) is 15.1 Å². The van der Waals surface area contributed by atoms with Crippen molar-refractivity contribution in [3.05, 3.63) is 17.2 Å². The second-order valence-electron chi connectivity index (χ2n) is 14.3. The highest BCUT2D eigenvalue weighted by atomic mass is 16.6. The van der Waals surface area contributed by atoms with Gasteiger partial charge in [0.2, 0.25) is 5.91 Å². The Labute approximate surface area is 232 Å². The molecule has 2 aliphatic heterocycles. The molecule has 39 heavy (non-hydrogen) atoms. The van der Waals surface area contributed by atoms with Crippen LogP contribution in [0.3, 0.4) is 0 Å². The van der Waals surface area contributed by atoms with Gasteiger partial charge in [0.05, 0.1) is 5.69 Å². The number of aromatic hydroxyl groups is 1. The lowest BCUT2D eigenvalue weighted by Crippen LogP contribution is -2.70. The zero-order chi connectivity index (χ0) is 28.1. The van der Waals surface area contributed by atoms with E-state index in [1.54, 1.807) is 0 Å². The molecule has 214 valence electrons. The maximum Gasteiger partial charge on any atom is 0.326 e. The van der Waals surface area contributed by atoms with Gasteiger partial charge in [0.15, 0.2) is 11.5 Å². The Kier molecular flexibility index (Phi) is 6.09. The number of esters is 1. The molecule has 2 heterocycles. The largest absolute Gasteiger partial charge is 0.503 e. The Morgan fingerprint density at radius 3 is 2.56 bits per heavy atom. The molecule has 3 aliphatic carbocycles. The number of nitrogens with zero attached hydrogens (tertiary/aromatic N) is 2. The molecule has 0 unspecified atom stereocenters. The third kappa shape index (κ3) is 4.16. The van der Waals surface area contributed by atoms with E-state index in [0.717, 1.165) is 50.3 Å². The molecule has 5 aliphatic rings. The summed E-state index contributed by atoms with van der Waals surface area (Å²) >= 11 is 0. The molecule has 6 rings (SSSR count). The fourth-order valence-electron chi connectivity index (χ4n) is 8.18. The number of amides is 1. The van der Waals surface area contributed by atoms with Gasteiger partial charge >= 0.3 is 5.97 Å². The van der Waals surface area contributed by atoms with Gasteiger partial charge in [0.1, 0.15) is 17.2 Å². The van der Waals surface area contributed by atoms with Gasteiger partial charge < -0.3 is 19.9 Å². The van der Waals surface area contributed by atoms with E-state index >= 15 is 0 Å². The van der Waals surface area contributed by atoms with Crippen LogP contribution in [-0.4, -0.2) is 76.2 Å². The van der Waals surface area contributed by atoms with Crippen molar-refractivity contribution < 1.29 is 24.2 Å². The lowest BCUT2D eigenvalue weighted by atomic mass is 9.50. The van der Waals surface area contributed by atoms with E-state index in [4.69, 9.17) is 9.47 Å². The van der Waals surface area contributed by atoms with E-state index in [1.165, 1.54) is 25.3 Å². The van der Waals surface area contributed by atoms with E-state index in [1.807, 2.05) is 47.7 Å². The molecule has 2 saturated carbocycles. The lowest BCUT2D eigenvalue weighted by Gasteiger charge is -2.61. The van der Waals surface area contributed by atoms with Crippen LogP contribution in [-0.2, 0) is 26.2 Å². The predicted octanol–water partition coefficient (Wildman–Crippen LogP) is 4.22. The maximum atomic E-state index is 13.4. The molecule has 2 N–H and O–H groups in total. The van der Waals surface area contributed by atoms with Crippen LogP contribution >= 0.6 is 0 Å². The Bertz CT molecular complexity index is 1200. The fraction of sp³-hybridized carbons (Fsp3) is 0.742. The van der Waals surface area contributed by atoms with Crippen molar-refractivity contribution in [1.29, 1.82) is 0 Å². The molecule has 3 fully saturated rings. The number of phenolic OH excluding ortho intramolecular Hbond substituents is 1. The number of hydrogen-bond acceptors (Lipinski definition) is 7. The predicted molar refractivity (Wildman–Crippen MR) is 149 cm³/mol. The summed E-state index contributed by atoms with van der Waals surface area (Å²) in [4.78, 5) is 30.3. The van der Waals surface area contributed by atoms with Gasteiger partial charge in [-0.3, -0.25) is 19.4 Å². The number of rotatable bonds is 6. The lowest BCUT2D eigenvalue weighted by molar-refractivity contribution is -0.172. The van der Waals surface area contributed by atoms with Crippen molar-refractivity contribution in [3.8, 4) is 11.5 Å². The molecule has 1 aromatic rings. The summed E-state index contributed by atoms with van der Waals surface area (Å²) in [6.45, 7) is 13.2. The number of likely N-dealkylation sites (tertiary alicyclic amines) is 1. The van der Waals surface area contributed by atoms with Crippen LogP contribution in [0, 0.1) is 11.8 Å². The van der Waals surface area contributed by atoms with Crippen molar-refractivity contribution in [3.63, 3.8) is 0 Å². The first kappa shape index (κ1) is 26.9. The summed E-state index contributed by atoms with van der Waals surface area (Å²) in [6, 6.07) is 2.38. The van der Waals surface area contributed by atoms with Crippen LogP contribution < -0.4 is 10.1 Å². The van der Waals surface area contributed by atoms with Crippen molar-refractivity contribution in [2.45, 2.75) is 115 Å². The van der Waals surface area contributed by atoms with Crippen molar-refractivity contribution >= 4 is 17.6 Å². The second kappa shape index (κ2) is 8.84. The first-order valence-electron chi connectivity index (χ1n) is 14.8. The monoisotopic (exact) mass is 539 g/mol. The highest BCUT2D eigenvalue weighted by Gasteiger charge is 2.67. The van der Waals surface area contributed by atoms with E-state index in [9.17, 15) is 14.7 Å². The first-order valence-corrected chi connectivity index (χ1v) is 14.8. The molecule has 5 atom stereocenters. The van der Waals surface area contributed by atoms with Gasteiger partial charge in [-0.1, -0.05) is 0 Å². The van der Waals surface area contributed by atoms with Gasteiger partial charge in [0.25, 0.3) is 0 Å². The molecule has 8 nitrogen and oxygen atoms in total. The Hall–Kier alpha value is -2.32. The zero-order valence-electron chi connectivity index (χ0n) is 24.6. The number of carbonyl (C=O) groups is 2. The summed E-state index contributed by atoms with van der Waals surface area (Å²) in [5, 5.41) is 14.2. The number of carbonyl (C=O) groups excluding carboxylic acids is 2. The number of likely N-dealkylation sites (N-methyl/N-ethyl adjacent to an activating group) is 1. The number of ether oxygens (including phenoxy) is 2. The van der Waals surface area contributed by atoms with Gasteiger partial charge in [0, 0.05) is 36.5 Å². The highest BCUT2D eigenvalue weighted by molar-refractivity contribution is 5.92. The normalized spacial score (nSPS) is 31.5. The summed E-state index contributed by atoms with van der Waals surface area (Å²) in [7, 11) is 2.02. The molecule has 0 radical (unpaired) electrons. The number of benzene rings is 1. The smallest absolute Gasteiger partial charge is 0.326 e. The van der Waals surface area contributed by atoms with Gasteiger partial charge in [-0.2, -0.15) is 0 Å². The van der Waals surface area contributed by atoms with Crippen LogP contribution in [0.4, 0.5) is 5.69 Å².